The van der Waals surface area contributed by atoms with Gasteiger partial charge in [-0.15, -0.1) is 0 Å². The number of rotatable bonds is 3. The van der Waals surface area contributed by atoms with E-state index < -0.39 is 0 Å². The van der Waals surface area contributed by atoms with E-state index in [1.165, 1.54) is 51.6 Å². The predicted molar refractivity (Wildman–Crippen MR) is 72.0 cm³/mol. The lowest BCUT2D eigenvalue weighted by molar-refractivity contribution is -0.121. The molecule has 3 nitrogen and oxygen atoms in total. The Bertz CT molecular complexity index is 202. The fraction of sp³-hybridized carbons (Fsp3) is 0.929. The van der Waals surface area contributed by atoms with Crippen molar-refractivity contribution in [2.75, 3.05) is 26.2 Å². The normalized spacial score (nSPS) is 26.0. The zero-order valence-electron chi connectivity index (χ0n) is 11.5. The van der Waals surface area contributed by atoms with Crippen LogP contribution in [-0.2, 0) is 4.79 Å². The van der Waals surface area contributed by atoms with Crippen molar-refractivity contribution in [2.24, 2.45) is 0 Å². The Hall–Kier alpha value is -0.570. The summed E-state index contributed by atoms with van der Waals surface area (Å²) < 4.78 is 0. The van der Waals surface area contributed by atoms with Gasteiger partial charge in [0.2, 0.25) is 6.41 Å². The van der Waals surface area contributed by atoms with E-state index >= 15 is 0 Å². The quantitative estimate of drug-likeness (QED) is 0.708. The van der Waals surface area contributed by atoms with Gasteiger partial charge in [-0.3, -0.25) is 4.79 Å². The third-order valence-electron chi connectivity index (χ3n) is 3.73. The van der Waals surface area contributed by atoms with Gasteiger partial charge in [0.1, 0.15) is 0 Å². The molecule has 0 spiro atoms. The van der Waals surface area contributed by atoms with E-state index in [2.05, 4.69) is 4.90 Å². The second-order valence-corrected chi connectivity index (χ2v) is 4.85. The molecule has 0 saturated carbocycles. The molecule has 17 heavy (non-hydrogen) atoms. The summed E-state index contributed by atoms with van der Waals surface area (Å²) in [6, 6.07) is 0.495. The van der Waals surface area contributed by atoms with Gasteiger partial charge in [0.05, 0.1) is 0 Å². The van der Waals surface area contributed by atoms with Crippen molar-refractivity contribution in [3.8, 4) is 0 Å². The van der Waals surface area contributed by atoms with Crippen LogP contribution in [0, 0.1) is 0 Å². The molecular weight excluding hydrogens is 212 g/mol. The topological polar surface area (TPSA) is 23.6 Å². The zero-order chi connectivity index (χ0) is 12.5. The molecule has 0 radical (unpaired) electrons. The number of carbonyl (C=O) groups excluding carboxylic acids is 1. The van der Waals surface area contributed by atoms with Crippen LogP contribution in [0.5, 0.6) is 0 Å². The lowest BCUT2D eigenvalue weighted by Gasteiger charge is -2.37. The minimum Gasteiger partial charge on any atom is -0.341 e. The van der Waals surface area contributed by atoms with Gasteiger partial charge in [-0.1, -0.05) is 20.3 Å². The van der Waals surface area contributed by atoms with Crippen LogP contribution in [0.3, 0.4) is 0 Å². The van der Waals surface area contributed by atoms with E-state index in [4.69, 9.17) is 0 Å². The molecule has 0 bridgehead atoms. The van der Waals surface area contributed by atoms with Crippen molar-refractivity contribution in [2.45, 2.75) is 58.4 Å². The summed E-state index contributed by atoms with van der Waals surface area (Å²) in [5.41, 5.74) is 0. The maximum Gasteiger partial charge on any atom is 0.209 e. The summed E-state index contributed by atoms with van der Waals surface area (Å²) in [7, 11) is 0. The molecule has 0 aliphatic carbocycles. The highest BCUT2D eigenvalue weighted by Gasteiger charge is 2.23. The maximum atomic E-state index is 10.9. The van der Waals surface area contributed by atoms with Gasteiger partial charge in [0.15, 0.2) is 0 Å². The van der Waals surface area contributed by atoms with Gasteiger partial charge < -0.3 is 9.80 Å². The van der Waals surface area contributed by atoms with Crippen LogP contribution in [-0.4, -0.2) is 48.4 Å². The average Bonchev–Trinajstić information content (AvgIpc) is 2.43. The maximum absolute atomic E-state index is 10.9. The van der Waals surface area contributed by atoms with Gasteiger partial charge in [-0.05, 0) is 45.2 Å². The molecule has 1 atom stereocenters. The lowest BCUT2D eigenvalue weighted by Crippen LogP contribution is -2.47. The number of carbonyl (C=O) groups is 1. The lowest BCUT2D eigenvalue weighted by atomic mass is 10.0. The predicted octanol–water partition coefficient (Wildman–Crippen LogP) is 2.51. The van der Waals surface area contributed by atoms with E-state index in [1.54, 1.807) is 0 Å². The summed E-state index contributed by atoms with van der Waals surface area (Å²) in [4.78, 5) is 15.5. The van der Waals surface area contributed by atoms with Crippen molar-refractivity contribution >= 4 is 6.41 Å². The number of nitrogens with zero attached hydrogens (tertiary/aromatic N) is 2. The van der Waals surface area contributed by atoms with Crippen molar-refractivity contribution in [1.82, 2.24) is 9.80 Å². The summed E-state index contributed by atoms with van der Waals surface area (Å²) in [6.07, 6.45) is 8.81. The van der Waals surface area contributed by atoms with Gasteiger partial charge in [0, 0.05) is 19.1 Å². The highest BCUT2D eigenvalue weighted by Crippen LogP contribution is 2.18. The summed E-state index contributed by atoms with van der Waals surface area (Å²) in [5.74, 6) is 0. The number of hydrogen-bond acceptors (Lipinski definition) is 2. The Morgan fingerprint density at radius 3 is 2.29 bits per heavy atom. The van der Waals surface area contributed by atoms with E-state index in [9.17, 15) is 4.79 Å². The van der Waals surface area contributed by atoms with Crippen LogP contribution >= 0.6 is 0 Å². The van der Waals surface area contributed by atoms with Crippen LogP contribution in [0.1, 0.15) is 52.4 Å². The Morgan fingerprint density at radius 2 is 1.65 bits per heavy atom. The van der Waals surface area contributed by atoms with E-state index in [-0.39, 0.29) is 0 Å². The molecule has 2 rings (SSSR count). The highest BCUT2D eigenvalue weighted by atomic mass is 16.1. The van der Waals surface area contributed by atoms with Crippen molar-refractivity contribution in [1.29, 1.82) is 0 Å². The largest absolute Gasteiger partial charge is 0.341 e. The molecule has 100 valence electrons. The monoisotopic (exact) mass is 240 g/mol. The SMILES string of the molecule is CC.O=CN1CCCCC1CN1CCCCC1. The second-order valence-electron chi connectivity index (χ2n) is 4.85. The fourth-order valence-electron chi connectivity index (χ4n) is 2.80. The molecule has 3 heteroatoms. The summed E-state index contributed by atoms with van der Waals surface area (Å²) >= 11 is 0. The first-order valence-corrected chi connectivity index (χ1v) is 7.33. The molecule has 0 N–H and O–H groups in total. The molecule has 2 saturated heterocycles. The summed E-state index contributed by atoms with van der Waals surface area (Å²) in [5, 5.41) is 0. The third kappa shape index (κ3) is 4.66. The molecule has 2 fully saturated rings. The van der Waals surface area contributed by atoms with Crippen molar-refractivity contribution in [3.05, 3.63) is 0 Å². The molecule has 2 aliphatic heterocycles. The minimum atomic E-state index is 0.495. The molecule has 1 amide bonds. The van der Waals surface area contributed by atoms with Crippen molar-refractivity contribution in [3.63, 3.8) is 0 Å². The highest BCUT2D eigenvalue weighted by molar-refractivity contribution is 5.48. The Kier molecular flexibility index (Phi) is 7.25. The van der Waals surface area contributed by atoms with Crippen LogP contribution in [0.4, 0.5) is 0 Å². The Balaban J connectivity index is 0.000000686. The van der Waals surface area contributed by atoms with Gasteiger partial charge in [-0.2, -0.15) is 0 Å². The van der Waals surface area contributed by atoms with Crippen LogP contribution in [0.2, 0.25) is 0 Å². The smallest absolute Gasteiger partial charge is 0.209 e. The molecule has 1 unspecified atom stereocenters. The first-order chi connectivity index (χ1) is 8.40. The third-order valence-corrected chi connectivity index (χ3v) is 3.73. The Morgan fingerprint density at radius 1 is 1.00 bits per heavy atom. The Labute approximate surface area is 106 Å². The van der Waals surface area contributed by atoms with E-state index in [0.29, 0.717) is 6.04 Å². The molecule has 0 aromatic carbocycles. The molecule has 0 aromatic rings. The van der Waals surface area contributed by atoms with Gasteiger partial charge >= 0.3 is 0 Å². The molecular formula is C14H28N2O. The number of amides is 1. The number of hydrogen-bond donors (Lipinski definition) is 0. The first-order valence-electron chi connectivity index (χ1n) is 7.33. The number of piperidine rings is 2. The molecule has 0 aromatic heterocycles. The fourth-order valence-corrected chi connectivity index (χ4v) is 2.80. The average molecular weight is 240 g/mol. The minimum absolute atomic E-state index is 0.495. The van der Waals surface area contributed by atoms with E-state index in [0.717, 1.165) is 19.5 Å². The van der Waals surface area contributed by atoms with Crippen LogP contribution < -0.4 is 0 Å². The van der Waals surface area contributed by atoms with Gasteiger partial charge in [0.25, 0.3) is 0 Å². The summed E-state index contributed by atoms with van der Waals surface area (Å²) in [6.45, 7) is 8.56. The van der Waals surface area contributed by atoms with E-state index in [1.807, 2.05) is 18.7 Å². The standard InChI is InChI=1S/C12H22N2O.C2H6/c15-11-14-9-5-2-6-12(14)10-13-7-3-1-4-8-13;1-2/h11-12H,1-10H2;1-2H3. The van der Waals surface area contributed by atoms with Crippen molar-refractivity contribution < 1.29 is 4.79 Å². The van der Waals surface area contributed by atoms with Crippen LogP contribution in [0.15, 0.2) is 0 Å². The molecule has 2 heterocycles. The zero-order valence-corrected chi connectivity index (χ0v) is 11.5. The van der Waals surface area contributed by atoms with Crippen LogP contribution in [0.25, 0.3) is 0 Å². The first kappa shape index (κ1) is 14.5. The van der Waals surface area contributed by atoms with Gasteiger partial charge in [-0.25, -0.2) is 0 Å². The number of likely N-dealkylation sites (tertiary alicyclic amines) is 2. The molecule has 2 aliphatic rings. The second kappa shape index (κ2) is 8.51.